The molecule has 2 heteroatoms. The Morgan fingerprint density at radius 1 is 1.29 bits per heavy atom. The van der Waals surface area contributed by atoms with Crippen LogP contribution in [0.25, 0.3) is 0 Å². The van der Waals surface area contributed by atoms with Gasteiger partial charge in [-0.05, 0) is 44.8 Å². The molecule has 0 aliphatic rings. The van der Waals surface area contributed by atoms with Gasteiger partial charge in [0, 0.05) is 30.4 Å². The zero-order valence-corrected chi connectivity index (χ0v) is 14.6. The molecule has 0 unspecified atom stereocenters. The fraction of sp³-hybridized carbons (Fsp3) is 0.526. The lowest BCUT2D eigenvalue weighted by Gasteiger charge is -2.22. The topological polar surface area (TPSA) is 20.3 Å². The Labute approximate surface area is 130 Å². The Bertz CT molecular complexity index is 438. The van der Waals surface area contributed by atoms with Crippen molar-refractivity contribution in [3.63, 3.8) is 0 Å². The van der Waals surface area contributed by atoms with E-state index in [4.69, 9.17) is 0 Å². The highest BCUT2D eigenvalue weighted by Gasteiger charge is 2.14. The molecule has 0 rings (SSSR count). The van der Waals surface area contributed by atoms with E-state index in [9.17, 15) is 4.79 Å². The van der Waals surface area contributed by atoms with Gasteiger partial charge in [-0.15, -0.1) is 0 Å². The molecular formula is C19H31NO. The monoisotopic (exact) mass is 289 g/mol. The van der Waals surface area contributed by atoms with Gasteiger partial charge in [-0.25, -0.2) is 0 Å². The molecule has 0 aliphatic heterocycles. The Hall–Kier alpha value is -1.57. The summed E-state index contributed by atoms with van der Waals surface area (Å²) in [5.74, 6) is 0.539. The van der Waals surface area contributed by atoms with Crippen LogP contribution in [0.4, 0.5) is 0 Å². The zero-order chi connectivity index (χ0) is 16.4. The standard InChI is InChI=1S/C19H31NO/c1-8-10-11-17(7)20(12-9-2)14-18(16(5)6)19(21)13-15(3)4/h8,10-11,14-15H,5,9,12-13H2,1-4,6-7H3/b10-8-,17-11+,18-14+. The van der Waals surface area contributed by atoms with Gasteiger partial charge in [-0.2, -0.15) is 0 Å². The first kappa shape index (κ1) is 19.4. The lowest BCUT2D eigenvalue weighted by atomic mass is 9.97. The summed E-state index contributed by atoms with van der Waals surface area (Å²) in [5.41, 5.74) is 2.71. The van der Waals surface area contributed by atoms with Gasteiger partial charge in [0.2, 0.25) is 0 Å². The number of carbonyl (C=O) groups excluding carboxylic acids is 1. The highest BCUT2D eigenvalue weighted by Crippen LogP contribution is 2.17. The Morgan fingerprint density at radius 2 is 1.90 bits per heavy atom. The van der Waals surface area contributed by atoms with Crippen LogP contribution in [-0.4, -0.2) is 17.2 Å². The van der Waals surface area contributed by atoms with Crippen molar-refractivity contribution >= 4 is 5.78 Å². The number of carbonyl (C=O) groups is 1. The molecular weight excluding hydrogens is 258 g/mol. The molecule has 0 saturated carbocycles. The van der Waals surface area contributed by atoms with Crippen molar-refractivity contribution in [2.75, 3.05) is 6.54 Å². The maximum absolute atomic E-state index is 12.4. The van der Waals surface area contributed by atoms with Crippen LogP contribution in [0, 0.1) is 5.92 Å². The Kier molecular flexibility index (Phi) is 9.44. The van der Waals surface area contributed by atoms with Gasteiger partial charge in [-0.3, -0.25) is 4.79 Å². The van der Waals surface area contributed by atoms with E-state index >= 15 is 0 Å². The summed E-state index contributed by atoms with van der Waals surface area (Å²) in [5, 5.41) is 0. The maximum atomic E-state index is 12.4. The first-order valence-electron chi connectivity index (χ1n) is 7.80. The molecule has 0 aromatic carbocycles. The minimum atomic E-state index is 0.178. The SMILES string of the molecule is C=C(C)/C(=C\N(CCC)/C(C)=C/C=C\C)C(=O)CC(C)C. The van der Waals surface area contributed by atoms with E-state index in [0.29, 0.717) is 12.3 Å². The average molecular weight is 289 g/mol. The summed E-state index contributed by atoms with van der Waals surface area (Å²) < 4.78 is 0. The fourth-order valence-electron chi connectivity index (χ4n) is 1.97. The normalized spacial score (nSPS) is 13.1. The Balaban J connectivity index is 5.44. The molecule has 0 radical (unpaired) electrons. The van der Waals surface area contributed by atoms with E-state index in [1.165, 1.54) is 0 Å². The minimum absolute atomic E-state index is 0.178. The fourth-order valence-corrected chi connectivity index (χ4v) is 1.97. The van der Waals surface area contributed by atoms with Crippen molar-refractivity contribution in [2.45, 2.75) is 54.4 Å². The number of hydrogen-bond acceptors (Lipinski definition) is 2. The number of nitrogens with zero attached hydrogens (tertiary/aromatic N) is 1. The third kappa shape index (κ3) is 7.69. The molecule has 0 saturated heterocycles. The summed E-state index contributed by atoms with van der Waals surface area (Å²) in [6, 6.07) is 0. The molecule has 2 nitrogen and oxygen atoms in total. The first-order chi connectivity index (χ1) is 9.83. The lowest BCUT2D eigenvalue weighted by Crippen LogP contribution is -2.19. The summed E-state index contributed by atoms with van der Waals surface area (Å²) in [6.45, 7) is 17.1. The highest BCUT2D eigenvalue weighted by molar-refractivity contribution is 5.99. The molecule has 118 valence electrons. The number of ketones is 1. The second-order valence-electron chi connectivity index (χ2n) is 5.87. The second kappa shape index (κ2) is 10.2. The van der Waals surface area contributed by atoms with E-state index in [-0.39, 0.29) is 5.78 Å². The van der Waals surface area contributed by atoms with Crippen LogP contribution >= 0.6 is 0 Å². The lowest BCUT2D eigenvalue weighted by molar-refractivity contribution is -0.116. The van der Waals surface area contributed by atoms with Crippen molar-refractivity contribution < 1.29 is 4.79 Å². The molecule has 0 spiro atoms. The predicted octanol–water partition coefficient (Wildman–Crippen LogP) is 5.25. The van der Waals surface area contributed by atoms with Gasteiger partial charge in [0.25, 0.3) is 0 Å². The van der Waals surface area contributed by atoms with E-state index in [2.05, 4.69) is 45.2 Å². The molecule has 0 heterocycles. The van der Waals surface area contributed by atoms with Crippen LogP contribution in [0.1, 0.15) is 54.4 Å². The largest absolute Gasteiger partial charge is 0.351 e. The molecule has 0 fully saturated rings. The van der Waals surface area contributed by atoms with Crippen molar-refractivity contribution in [3.05, 3.63) is 47.9 Å². The van der Waals surface area contributed by atoms with Gasteiger partial charge in [0.1, 0.15) is 0 Å². The minimum Gasteiger partial charge on any atom is -0.351 e. The molecule has 0 atom stereocenters. The van der Waals surface area contributed by atoms with Gasteiger partial charge in [-0.1, -0.05) is 39.5 Å². The van der Waals surface area contributed by atoms with Gasteiger partial charge in [0.15, 0.2) is 5.78 Å². The van der Waals surface area contributed by atoms with Crippen molar-refractivity contribution in [2.24, 2.45) is 5.92 Å². The van der Waals surface area contributed by atoms with Crippen LogP contribution in [0.5, 0.6) is 0 Å². The van der Waals surface area contributed by atoms with Crippen molar-refractivity contribution in [3.8, 4) is 0 Å². The zero-order valence-electron chi connectivity index (χ0n) is 14.6. The van der Waals surface area contributed by atoms with E-state index in [1.54, 1.807) is 0 Å². The number of rotatable bonds is 9. The molecule has 0 amide bonds. The van der Waals surface area contributed by atoms with Gasteiger partial charge in [0.05, 0.1) is 0 Å². The highest BCUT2D eigenvalue weighted by atomic mass is 16.1. The van der Waals surface area contributed by atoms with Gasteiger partial charge >= 0.3 is 0 Å². The van der Waals surface area contributed by atoms with Crippen LogP contribution in [-0.2, 0) is 4.79 Å². The van der Waals surface area contributed by atoms with Crippen molar-refractivity contribution in [1.82, 2.24) is 4.90 Å². The molecule has 0 aromatic heterocycles. The van der Waals surface area contributed by atoms with Crippen LogP contribution in [0.2, 0.25) is 0 Å². The van der Waals surface area contributed by atoms with Gasteiger partial charge < -0.3 is 4.90 Å². The second-order valence-corrected chi connectivity index (χ2v) is 5.87. The predicted molar refractivity (Wildman–Crippen MR) is 92.9 cm³/mol. The molecule has 0 aliphatic carbocycles. The smallest absolute Gasteiger partial charge is 0.164 e. The summed E-state index contributed by atoms with van der Waals surface area (Å²) in [4.78, 5) is 14.5. The number of Topliss-reactive ketones (excluding diaryl/α,β-unsaturated/α-hetero) is 1. The third-order valence-corrected chi connectivity index (χ3v) is 3.09. The molecule has 0 N–H and O–H groups in total. The average Bonchev–Trinajstić information content (AvgIpc) is 2.39. The van der Waals surface area contributed by atoms with Crippen LogP contribution < -0.4 is 0 Å². The van der Waals surface area contributed by atoms with E-state index in [0.717, 1.165) is 29.8 Å². The van der Waals surface area contributed by atoms with Crippen LogP contribution in [0.3, 0.4) is 0 Å². The van der Waals surface area contributed by atoms with Crippen molar-refractivity contribution in [1.29, 1.82) is 0 Å². The number of allylic oxidation sites excluding steroid dienone is 6. The quantitative estimate of drug-likeness (QED) is 0.426. The summed E-state index contributed by atoms with van der Waals surface area (Å²) in [7, 11) is 0. The number of hydrogen-bond donors (Lipinski definition) is 0. The molecule has 0 bridgehead atoms. The van der Waals surface area contributed by atoms with E-state index < -0.39 is 0 Å². The molecule has 21 heavy (non-hydrogen) atoms. The first-order valence-corrected chi connectivity index (χ1v) is 7.80. The molecule has 0 aromatic rings. The Morgan fingerprint density at radius 3 is 2.33 bits per heavy atom. The van der Waals surface area contributed by atoms with E-state index in [1.807, 2.05) is 32.2 Å². The maximum Gasteiger partial charge on any atom is 0.164 e. The summed E-state index contributed by atoms with van der Waals surface area (Å²) in [6.07, 6.45) is 9.64. The summed E-state index contributed by atoms with van der Waals surface area (Å²) >= 11 is 0. The van der Waals surface area contributed by atoms with Crippen LogP contribution in [0.15, 0.2) is 47.9 Å². The third-order valence-electron chi connectivity index (χ3n) is 3.09.